The van der Waals surface area contributed by atoms with E-state index in [-0.39, 0.29) is 49.7 Å². The predicted octanol–water partition coefficient (Wildman–Crippen LogP) is 6.35. The Morgan fingerprint density at radius 3 is 2.36 bits per heavy atom. The van der Waals surface area contributed by atoms with Gasteiger partial charge in [-0.2, -0.15) is 0 Å². The molecule has 1 saturated heterocycles. The quantitative estimate of drug-likeness (QED) is 0.196. The van der Waals surface area contributed by atoms with E-state index in [1.54, 1.807) is 13.8 Å². The van der Waals surface area contributed by atoms with Crippen molar-refractivity contribution in [2.45, 2.75) is 124 Å². The number of ether oxygens (including phenoxy) is 4. The SMILES string of the molecule is CCC(=O)O[C@H]1[C@H](/C=C/[C@H]2[C@H](C)[C@@H]2/C=C/[C@@H](C)/C=C(\C)[C@H]2CC=C(C)[C@@H](CC)O2)O[C@H](CC(=O)O)C[C@@H]1OC(=O)CC. The first-order chi connectivity index (χ1) is 20.0. The Labute approximate surface area is 251 Å². The minimum Gasteiger partial charge on any atom is -0.481 e. The van der Waals surface area contributed by atoms with Gasteiger partial charge in [0.2, 0.25) is 0 Å². The van der Waals surface area contributed by atoms with Crippen molar-refractivity contribution < 1.29 is 38.4 Å². The molecule has 0 radical (unpaired) electrons. The highest BCUT2D eigenvalue weighted by atomic mass is 16.6. The maximum absolute atomic E-state index is 12.3. The molecule has 8 heteroatoms. The third-order valence-electron chi connectivity index (χ3n) is 8.64. The van der Waals surface area contributed by atoms with Gasteiger partial charge in [-0.05, 0) is 61.5 Å². The molecule has 0 bridgehead atoms. The Hall–Kier alpha value is -2.71. The van der Waals surface area contributed by atoms with Crippen LogP contribution >= 0.6 is 0 Å². The fraction of sp³-hybridized carbons (Fsp3) is 0.676. The lowest BCUT2D eigenvalue weighted by atomic mass is 9.95. The van der Waals surface area contributed by atoms with Crippen LogP contribution in [0.2, 0.25) is 0 Å². The van der Waals surface area contributed by atoms with E-state index in [1.807, 2.05) is 6.08 Å². The van der Waals surface area contributed by atoms with Crippen molar-refractivity contribution in [1.29, 1.82) is 0 Å². The fourth-order valence-corrected chi connectivity index (χ4v) is 5.94. The van der Waals surface area contributed by atoms with E-state index >= 15 is 0 Å². The van der Waals surface area contributed by atoms with Gasteiger partial charge in [0, 0.05) is 19.3 Å². The molecular weight excluding hydrogens is 536 g/mol. The van der Waals surface area contributed by atoms with E-state index in [0.717, 1.165) is 12.8 Å². The summed E-state index contributed by atoms with van der Waals surface area (Å²) in [6.45, 7) is 14.2. The number of rotatable bonds is 13. The van der Waals surface area contributed by atoms with Crippen LogP contribution in [0.15, 0.2) is 47.6 Å². The van der Waals surface area contributed by atoms with E-state index in [1.165, 1.54) is 11.1 Å². The summed E-state index contributed by atoms with van der Waals surface area (Å²) >= 11 is 0. The lowest BCUT2D eigenvalue weighted by molar-refractivity contribution is -0.202. The van der Waals surface area contributed by atoms with Crippen molar-refractivity contribution in [1.82, 2.24) is 0 Å². The molecule has 2 aliphatic heterocycles. The van der Waals surface area contributed by atoms with Gasteiger partial charge in [-0.25, -0.2) is 0 Å². The summed E-state index contributed by atoms with van der Waals surface area (Å²) in [6, 6.07) is 0. The van der Waals surface area contributed by atoms with Gasteiger partial charge in [-0.15, -0.1) is 0 Å². The van der Waals surface area contributed by atoms with E-state index in [2.05, 4.69) is 65.0 Å². The summed E-state index contributed by atoms with van der Waals surface area (Å²) < 4.78 is 23.7. The van der Waals surface area contributed by atoms with Crippen molar-refractivity contribution in [3.63, 3.8) is 0 Å². The van der Waals surface area contributed by atoms with Crippen LogP contribution in [0, 0.1) is 23.7 Å². The molecule has 0 aromatic carbocycles. The van der Waals surface area contributed by atoms with Crippen molar-refractivity contribution in [3.8, 4) is 0 Å². The first-order valence-corrected chi connectivity index (χ1v) is 15.6. The van der Waals surface area contributed by atoms with Crippen LogP contribution in [0.25, 0.3) is 0 Å². The zero-order chi connectivity index (χ0) is 31.0. The maximum atomic E-state index is 12.3. The van der Waals surface area contributed by atoms with Gasteiger partial charge in [0.05, 0.1) is 24.7 Å². The molecule has 3 aliphatic rings. The van der Waals surface area contributed by atoms with Gasteiger partial charge < -0.3 is 24.1 Å². The van der Waals surface area contributed by atoms with Crippen LogP contribution in [0.4, 0.5) is 0 Å². The van der Waals surface area contributed by atoms with E-state index in [9.17, 15) is 19.5 Å². The molecule has 0 aromatic rings. The van der Waals surface area contributed by atoms with Gasteiger partial charge in [0.1, 0.15) is 12.2 Å². The molecule has 8 nitrogen and oxygen atoms in total. The highest BCUT2D eigenvalue weighted by Crippen LogP contribution is 2.48. The number of carbonyl (C=O) groups is 3. The van der Waals surface area contributed by atoms with Crippen molar-refractivity contribution in [2.75, 3.05) is 0 Å². The van der Waals surface area contributed by atoms with Crippen LogP contribution in [0.5, 0.6) is 0 Å². The largest absolute Gasteiger partial charge is 0.481 e. The first kappa shape index (κ1) is 33.8. The number of hydrogen-bond acceptors (Lipinski definition) is 7. The Morgan fingerprint density at radius 2 is 1.71 bits per heavy atom. The third-order valence-corrected chi connectivity index (χ3v) is 8.64. The van der Waals surface area contributed by atoms with Crippen LogP contribution in [-0.2, 0) is 33.3 Å². The molecule has 1 aliphatic carbocycles. The van der Waals surface area contributed by atoms with Gasteiger partial charge >= 0.3 is 17.9 Å². The molecule has 3 rings (SSSR count). The molecule has 2 heterocycles. The zero-order valence-electron chi connectivity index (χ0n) is 26.3. The summed E-state index contributed by atoms with van der Waals surface area (Å²) in [4.78, 5) is 35.8. The van der Waals surface area contributed by atoms with Crippen LogP contribution < -0.4 is 0 Å². The highest BCUT2D eigenvalue weighted by Gasteiger charge is 2.45. The van der Waals surface area contributed by atoms with Crippen LogP contribution in [-0.4, -0.2) is 59.6 Å². The summed E-state index contributed by atoms with van der Waals surface area (Å²) in [6.07, 6.45) is 12.5. The number of allylic oxidation sites excluding steroid dienone is 4. The molecule has 10 atom stereocenters. The maximum Gasteiger partial charge on any atom is 0.306 e. The molecule has 42 heavy (non-hydrogen) atoms. The summed E-state index contributed by atoms with van der Waals surface area (Å²) in [5, 5.41) is 9.37. The number of hydrogen-bond donors (Lipinski definition) is 1. The second-order valence-electron chi connectivity index (χ2n) is 12.0. The van der Waals surface area contributed by atoms with E-state index in [4.69, 9.17) is 18.9 Å². The van der Waals surface area contributed by atoms with E-state index in [0.29, 0.717) is 11.8 Å². The van der Waals surface area contributed by atoms with Crippen molar-refractivity contribution in [3.05, 3.63) is 47.6 Å². The summed E-state index contributed by atoms with van der Waals surface area (Å²) in [5.41, 5.74) is 2.57. The van der Waals surface area contributed by atoms with Crippen molar-refractivity contribution in [2.24, 2.45) is 23.7 Å². The number of carboxylic acid groups (broad SMARTS) is 1. The molecule has 2 fully saturated rings. The fourth-order valence-electron chi connectivity index (χ4n) is 5.94. The first-order valence-electron chi connectivity index (χ1n) is 15.6. The van der Waals surface area contributed by atoms with Crippen LogP contribution in [0.3, 0.4) is 0 Å². The number of aliphatic carboxylic acids is 1. The summed E-state index contributed by atoms with van der Waals surface area (Å²) in [5.74, 6) is -0.518. The average molecular weight is 587 g/mol. The zero-order valence-corrected chi connectivity index (χ0v) is 26.3. The molecular formula is C34H50O8. The minimum absolute atomic E-state index is 0.126. The number of esters is 2. The minimum atomic E-state index is -1.00. The molecule has 0 aromatic heterocycles. The second-order valence-corrected chi connectivity index (χ2v) is 12.0. The van der Waals surface area contributed by atoms with Gasteiger partial charge in [0.15, 0.2) is 6.10 Å². The Bertz CT molecular complexity index is 1070. The van der Waals surface area contributed by atoms with Gasteiger partial charge in [-0.1, -0.05) is 71.1 Å². The van der Waals surface area contributed by atoms with Crippen molar-refractivity contribution >= 4 is 17.9 Å². The summed E-state index contributed by atoms with van der Waals surface area (Å²) in [7, 11) is 0. The smallest absolute Gasteiger partial charge is 0.306 e. The predicted molar refractivity (Wildman–Crippen MR) is 161 cm³/mol. The van der Waals surface area contributed by atoms with Crippen LogP contribution in [0.1, 0.15) is 87.0 Å². The topological polar surface area (TPSA) is 108 Å². The van der Waals surface area contributed by atoms with E-state index < -0.39 is 42.3 Å². The standard InChI is InChI=1S/C34H50O8/c1-8-27-21(5)12-15-28(40-27)22(6)17-20(4)11-13-25-23(7)26(25)14-16-29-34(42-33(38)10-3)30(41-32(37)9-2)18-24(39-29)19-31(35)36/h11-14,16-17,20,23-30,34H,8-10,15,18-19H2,1-7H3,(H,35,36)/b13-11+,16-14+,22-17+/t20-,23-,24+,25+,26+,27-,28-,29+,30+,34+/m1/s1. The molecule has 1 saturated carbocycles. The molecule has 0 amide bonds. The highest BCUT2D eigenvalue weighted by molar-refractivity contribution is 5.70. The Morgan fingerprint density at radius 1 is 1.05 bits per heavy atom. The molecule has 234 valence electrons. The van der Waals surface area contributed by atoms with Gasteiger partial charge in [0.25, 0.3) is 0 Å². The second kappa shape index (κ2) is 15.7. The lowest BCUT2D eigenvalue weighted by Crippen LogP contribution is -2.51. The normalized spacial score (nSPS) is 34.2. The van der Waals surface area contributed by atoms with Gasteiger partial charge in [-0.3, -0.25) is 14.4 Å². The number of carboxylic acids is 1. The monoisotopic (exact) mass is 586 g/mol. The average Bonchev–Trinajstić information content (AvgIpc) is 3.58. The Kier molecular flexibility index (Phi) is 12.6. The molecule has 0 spiro atoms. The Balaban J connectivity index is 1.68. The molecule has 1 N–H and O–H groups in total. The lowest BCUT2D eigenvalue weighted by Gasteiger charge is -2.39. The molecule has 0 unspecified atom stereocenters. The third kappa shape index (κ3) is 9.40. The number of carbonyl (C=O) groups excluding carboxylic acids is 2.